The minimum atomic E-state index is -0.0847. The summed E-state index contributed by atoms with van der Waals surface area (Å²) in [5.74, 6) is 2.12. The number of aryl methyl sites for hydroxylation is 2. The lowest BCUT2D eigenvalue weighted by molar-refractivity contribution is -0.113. The monoisotopic (exact) mass is 412 g/mol. The normalized spacial score (nSPS) is 10.6. The number of amides is 1. The van der Waals surface area contributed by atoms with E-state index in [1.165, 1.54) is 11.8 Å². The van der Waals surface area contributed by atoms with Crippen LogP contribution in [0, 0.1) is 13.8 Å². The van der Waals surface area contributed by atoms with Gasteiger partial charge in [-0.05, 0) is 43.2 Å². The zero-order valence-corrected chi connectivity index (χ0v) is 17.7. The number of methoxy groups -OCH3 is 1. The van der Waals surface area contributed by atoms with E-state index in [9.17, 15) is 4.79 Å². The predicted octanol–water partition coefficient (Wildman–Crippen LogP) is 3.75. The zero-order chi connectivity index (χ0) is 20.8. The first-order chi connectivity index (χ1) is 14.0. The third kappa shape index (κ3) is 5.29. The fourth-order valence-electron chi connectivity index (χ4n) is 2.66. The molecule has 1 N–H and O–H groups in total. The molecule has 2 aromatic carbocycles. The van der Waals surface area contributed by atoms with Gasteiger partial charge in [-0.1, -0.05) is 36.0 Å². The van der Waals surface area contributed by atoms with Crippen LogP contribution in [0.25, 0.3) is 0 Å². The second-order valence-corrected chi connectivity index (χ2v) is 7.50. The third-order valence-corrected chi connectivity index (χ3v) is 5.37. The Morgan fingerprint density at radius 1 is 1.14 bits per heavy atom. The molecule has 0 aliphatic rings. The van der Waals surface area contributed by atoms with Gasteiger partial charge in [-0.25, -0.2) is 0 Å². The number of carbonyl (C=O) groups is 1. The quantitative estimate of drug-likeness (QED) is 0.568. The van der Waals surface area contributed by atoms with Crippen LogP contribution in [0.2, 0.25) is 0 Å². The van der Waals surface area contributed by atoms with E-state index in [-0.39, 0.29) is 18.3 Å². The Morgan fingerprint density at radius 2 is 1.90 bits per heavy atom. The molecule has 0 unspecified atom stereocenters. The van der Waals surface area contributed by atoms with Crippen molar-refractivity contribution in [2.45, 2.75) is 25.6 Å². The number of aromatic nitrogens is 3. The fourth-order valence-corrected chi connectivity index (χ4v) is 3.39. The van der Waals surface area contributed by atoms with Gasteiger partial charge in [0.05, 0.1) is 12.9 Å². The molecule has 3 aromatic rings. The summed E-state index contributed by atoms with van der Waals surface area (Å²) < 4.78 is 12.9. The van der Waals surface area contributed by atoms with E-state index in [0.29, 0.717) is 22.5 Å². The van der Waals surface area contributed by atoms with Gasteiger partial charge in [0.2, 0.25) is 5.91 Å². The molecule has 3 rings (SSSR count). The van der Waals surface area contributed by atoms with Crippen molar-refractivity contribution in [3.63, 3.8) is 0 Å². The number of benzene rings is 2. The second-order valence-electron chi connectivity index (χ2n) is 6.55. The van der Waals surface area contributed by atoms with E-state index >= 15 is 0 Å². The highest BCUT2D eigenvalue weighted by molar-refractivity contribution is 7.99. The number of hydrogen-bond acceptors (Lipinski definition) is 6. The maximum absolute atomic E-state index is 12.3. The molecule has 1 amide bonds. The van der Waals surface area contributed by atoms with Gasteiger partial charge >= 0.3 is 0 Å². The van der Waals surface area contributed by atoms with Crippen LogP contribution in [0.1, 0.15) is 17.0 Å². The van der Waals surface area contributed by atoms with Crippen LogP contribution in [0.3, 0.4) is 0 Å². The van der Waals surface area contributed by atoms with E-state index < -0.39 is 0 Å². The first-order valence-corrected chi connectivity index (χ1v) is 10.1. The number of thioether (sulfide) groups is 1. The minimum Gasteiger partial charge on any atom is -0.493 e. The molecular weight excluding hydrogens is 388 g/mol. The molecule has 0 bridgehead atoms. The number of anilines is 1. The van der Waals surface area contributed by atoms with Crippen molar-refractivity contribution < 1.29 is 14.3 Å². The molecule has 0 spiro atoms. The van der Waals surface area contributed by atoms with Gasteiger partial charge in [-0.2, -0.15) is 0 Å². The van der Waals surface area contributed by atoms with Gasteiger partial charge in [0.1, 0.15) is 6.61 Å². The first kappa shape index (κ1) is 20.7. The largest absolute Gasteiger partial charge is 0.493 e. The maximum atomic E-state index is 12.3. The van der Waals surface area contributed by atoms with Gasteiger partial charge in [0.15, 0.2) is 22.5 Å². The van der Waals surface area contributed by atoms with E-state index in [2.05, 4.69) is 15.5 Å². The molecular formula is C21H24N4O3S. The summed E-state index contributed by atoms with van der Waals surface area (Å²) in [6.45, 7) is 4.22. The second kappa shape index (κ2) is 9.47. The van der Waals surface area contributed by atoms with E-state index in [4.69, 9.17) is 9.47 Å². The number of rotatable bonds is 8. The molecule has 8 heteroatoms. The van der Waals surface area contributed by atoms with Crippen LogP contribution in [0.5, 0.6) is 11.5 Å². The molecule has 0 saturated carbocycles. The van der Waals surface area contributed by atoms with Crippen LogP contribution in [0.15, 0.2) is 47.6 Å². The Morgan fingerprint density at radius 3 is 2.66 bits per heavy atom. The maximum Gasteiger partial charge on any atom is 0.234 e. The van der Waals surface area contributed by atoms with Gasteiger partial charge in [0, 0.05) is 12.7 Å². The zero-order valence-electron chi connectivity index (χ0n) is 16.9. The van der Waals surface area contributed by atoms with Crippen molar-refractivity contribution in [1.29, 1.82) is 0 Å². The Kier molecular flexibility index (Phi) is 6.77. The molecule has 29 heavy (non-hydrogen) atoms. The summed E-state index contributed by atoms with van der Waals surface area (Å²) in [7, 11) is 3.45. The SMILES string of the molecule is COc1ccccc1OCc1nnc(SCC(=O)Nc2cc(C)ccc2C)n1C. The Labute approximate surface area is 174 Å². The highest BCUT2D eigenvalue weighted by Crippen LogP contribution is 2.27. The molecule has 0 aliphatic carbocycles. The molecule has 1 aromatic heterocycles. The predicted molar refractivity (Wildman–Crippen MR) is 114 cm³/mol. The highest BCUT2D eigenvalue weighted by Gasteiger charge is 2.13. The third-order valence-electron chi connectivity index (χ3n) is 4.35. The number of hydrogen-bond donors (Lipinski definition) is 1. The van der Waals surface area contributed by atoms with Crippen molar-refractivity contribution in [2.75, 3.05) is 18.2 Å². The molecule has 0 atom stereocenters. The van der Waals surface area contributed by atoms with Gasteiger partial charge in [-0.15, -0.1) is 10.2 Å². The molecule has 0 radical (unpaired) electrons. The van der Waals surface area contributed by atoms with Crippen LogP contribution in [-0.2, 0) is 18.4 Å². The number of nitrogens with one attached hydrogen (secondary N) is 1. The average Bonchev–Trinajstić information content (AvgIpc) is 3.07. The van der Waals surface area contributed by atoms with E-state index in [0.717, 1.165) is 16.8 Å². The van der Waals surface area contributed by atoms with Crippen molar-refractivity contribution in [2.24, 2.45) is 7.05 Å². The topological polar surface area (TPSA) is 78.3 Å². The highest BCUT2D eigenvalue weighted by atomic mass is 32.2. The van der Waals surface area contributed by atoms with Crippen LogP contribution in [-0.4, -0.2) is 33.5 Å². The standard InChI is InChI=1S/C21H24N4O3S/c1-14-9-10-15(2)16(11-14)22-20(26)13-29-21-24-23-19(25(21)3)12-28-18-8-6-5-7-17(18)27-4/h5-11H,12-13H2,1-4H3,(H,22,26). The number of para-hydroxylation sites is 2. The number of carbonyl (C=O) groups excluding carboxylic acids is 1. The summed E-state index contributed by atoms with van der Waals surface area (Å²) in [6.07, 6.45) is 0. The van der Waals surface area contributed by atoms with Gasteiger partial charge in [0.25, 0.3) is 0 Å². The lowest BCUT2D eigenvalue weighted by Crippen LogP contribution is -2.15. The molecule has 0 saturated heterocycles. The van der Waals surface area contributed by atoms with Gasteiger partial charge < -0.3 is 19.4 Å². The van der Waals surface area contributed by atoms with Crippen LogP contribution >= 0.6 is 11.8 Å². The Hall–Kier alpha value is -3.00. The van der Waals surface area contributed by atoms with Crippen molar-refractivity contribution >= 4 is 23.4 Å². The summed E-state index contributed by atoms with van der Waals surface area (Å²) in [6, 6.07) is 13.4. The summed E-state index contributed by atoms with van der Waals surface area (Å²) in [5.41, 5.74) is 2.97. The minimum absolute atomic E-state index is 0.0847. The lowest BCUT2D eigenvalue weighted by Gasteiger charge is -2.10. The molecule has 152 valence electrons. The smallest absolute Gasteiger partial charge is 0.234 e. The summed E-state index contributed by atoms with van der Waals surface area (Å²) in [4.78, 5) is 12.3. The molecule has 7 nitrogen and oxygen atoms in total. The Bertz CT molecular complexity index is 1000. The van der Waals surface area contributed by atoms with Crippen molar-refractivity contribution in [1.82, 2.24) is 14.8 Å². The molecule has 0 aliphatic heterocycles. The van der Waals surface area contributed by atoms with E-state index in [1.54, 1.807) is 7.11 Å². The van der Waals surface area contributed by atoms with Crippen molar-refractivity contribution in [3.05, 3.63) is 59.4 Å². The van der Waals surface area contributed by atoms with Gasteiger partial charge in [-0.3, -0.25) is 4.79 Å². The van der Waals surface area contributed by atoms with Crippen molar-refractivity contribution in [3.8, 4) is 11.5 Å². The number of nitrogens with zero attached hydrogens (tertiary/aromatic N) is 3. The fraction of sp³-hybridized carbons (Fsp3) is 0.286. The summed E-state index contributed by atoms with van der Waals surface area (Å²) >= 11 is 1.33. The summed E-state index contributed by atoms with van der Waals surface area (Å²) in [5, 5.41) is 11.9. The van der Waals surface area contributed by atoms with Crippen LogP contribution in [0.4, 0.5) is 5.69 Å². The van der Waals surface area contributed by atoms with Crippen LogP contribution < -0.4 is 14.8 Å². The van der Waals surface area contributed by atoms with E-state index in [1.807, 2.05) is 67.9 Å². The average molecular weight is 413 g/mol. The lowest BCUT2D eigenvalue weighted by atomic mass is 10.1. The molecule has 0 fully saturated rings. The molecule has 1 heterocycles. The Balaban J connectivity index is 1.56. The number of ether oxygens (including phenoxy) is 2. The first-order valence-electron chi connectivity index (χ1n) is 9.12.